The number of nitrogens with zero attached hydrogens (tertiary/aromatic N) is 2. The first-order chi connectivity index (χ1) is 10.1. The van der Waals surface area contributed by atoms with Crippen LogP contribution in [-0.4, -0.2) is 21.9 Å². The molecule has 0 amide bonds. The predicted molar refractivity (Wildman–Crippen MR) is 83.0 cm³/mol. The Morgan fingerprint density at radius 1 is 1.29 bits per heavy atom. The van der Waals surface area contributed by atoms with Crippen LogP contribution in [0, 0.1) is 0 Å². The summed E-state index contributed by atoms with van der Waals surface area (Å²) in [6.45, 7) is 6.59. The Hall–Kier alpha value is -1.40. The normalized spacial score (nSPS) is 11.8. The van der Waals surface area contributed by atoms with E-state index in [9.17, 15) is 5.11 Å². The third-order valence-electron chi connectivity index (χ3n) is 3.59. The fourth-order valence-corrected chi connectivity index (χ4v) is 2.66. The van der Waals surface area contributed by atoms with Crippen molar-refractivity contribution in [1.82, 2.24) is 10.1 Å². The van der Waals surface area contributed by atoms with Crippen LogP contribution in [0.2, 0.25) is 0 Å². The Morgan fingerprint density at radius 2 is 2.00 bits per heavy atom. The van der Waals surface area contributed by atoms with Crippen LogP contribution in [0.3, 0.4) is 0 Å². The smallest absolute Gasteiger partial charge is 0.261 e. The number of rotatable bonds is 6. The number of halogens is 1. The number of phenolic OH excluding ortho intramolecular Hbond substituents is 1. The fourth-order valence-electron chi connectivity index (χ4n) is 2.31. The molecule has 0 spiro atoms. The highest BCUT2D eigenvalue weighted by molar-refractivity contribution is 9.10. The summed E-state index contributed by atoms with van der Waals surface area (Å²) in [5.74, 6) is 0.905. The van der Waals surface area contributed by atoms with Crippen molar-refractivity contribution in [3.8, 4) is 17.2 Å². The predicted octanol–water partition coefficient (Wildman–Crippen LogP) is 4.26. The van der Waals surface area contributed by atoms with Crippen LogP contribution in [0.5, 0.6) is 5.75 Å². The summed E-state index contributed by atoms with van der Waals surface area (Å²) < 4.78 is 12.0. The second kappa shape index (κ2) is 6.58. The average molecular weight is 355 g/mol. The molecular formula is C15H19BrN2O3. The molecule has 6 heteroatoms. The van der Waals surface area contributed by atoms with Gasteiger partial charge in [-0.3, -0.25) is 0 Å². The number of hydrogen-bond donors (Lipinski definition) is 1. The lowest BCUT2D eigenvalue weighted by Crippen LogP contribution is -2.29. The minimum absolute atomic E-state index is 0.0922. The van der Waals surface area contributed by atoms with Gasteiger partial charge in [-0.15, -0.1) is 0 Å². The SMILES string of the molecule is CCOC(CC)(CC)c1noc(-c2ccc(Br)cc2O)n1. The van der Waals surface area contributed by atoms with E-state index < -0.39 is 5.60 Å². The van der Waals surface area contributed by atoms with Crippen LogP contribution in [0.25, 0.3) is 11.5 Å². The van der Waals surface area contributed by atoms with Crippen molar-refractivity contribution < 1.29 is 14.4 Å². The monoisotopic (exact) mass is 354 g/mol. The number of benzene rings is 1. The maximum atomic E-state index is 9.99. The summed E-state index contributed by atoms with van der Waals surface area (Å²) in [6.07, 6.45) is 1.51. The average Bonchev–Trinajstić information content (AvgIpc) is 2.95. The number of hydrogen-bond acceptors (Lipinski definition) is 5. The van der Waals surface area contributed by atoms with E-state index in [1.807, 2.05) is 26.8 Å². The van der Waals surface area contributed by atoms with Crippen molar-refractivity contribution in [2.75, 3.05) is 6.61 Å². The van der Waals surface area contributed by atoms with Crippen LogP contribution in [0.1, 0.15) is 39.4 Å². The molecule has 1 N–H and O–H groups in total. The zero-order chi connectivity index (χ0) is 15.5. The van der Waals surface area contributed by atoms with Crippen molar-refractivity contribution >= 4 is 15.9 Å². The van der Waals surface area contributed by atoms with Crippen molar-refractivity contribution in [3.63, 3.8) is 0 Å². The summed E-state index contributed by atoms with van der Waals surface area (Å²) in [7, 11) is 0. The van der Waals surface area contributed by atoms with Gasteiger partial charge in [-0.2, -0.15) is 4.98 Å². The molecule has 114 valence electrons. The fraction of sp³-hybridized carbons (Fsp3) is 0.467. The third-order valence-corrected chi connectivity index (χ3v) is 4.08. The molecule has 5 nitrogen and oxygen atoms in total. The highest BCUT2D eigenvalue weighted by Crippen LogP contribution is 2.35. The Morgan fingerprint density at radius 3 is 2.57 bits per heavy atom. The van der Waals surface area contributed by atoms with Crippen molar-refractivity contribution in [2.45, 2.75) is 39.2 Å². The van der Waals surface area contributed by atoms with Gasteiger partial charge in [-0.05, 0) is 38.0 Å². The molecule has 1 aromatic heterocycles. The van der Waals surface area contributed by atoms with E-state index in [1.165, 1.54) is 0 Å². The van der Waals surface area contributed by atoms with Gasteiger partial charge in [0.05, 0.1) is 5.56 Å². The Labute approximate surface area is 132 Å². The van der Waals surface area contributed by atoms with Gasteiger partial charge in [0.25, 0.3) is 5.89 Å². The molecular weight excluding hydrogens is 336 g/mol. The van der Waals surface area contributed by atoms with E-state index in [0.29, 0.717) is 23.9 Å². The molecule has 0 bridgehead atoms. The van der Waals surface area contributed by atoms with Gasteiger partial charge in [0, 0.05) is 11.1 Å². The molecule has 1 heterocycles. The standard InChI is InChI=1S/C15H19BrN2O3/c1-4-15(5-2,20-6-3)14-17-13(21-18-14)11-8-7-10(16)9-12(11)19/h7-9,19H,4-6H2,1-3H3. The summed E-state index contributed by atoms with van der Waals surface area (Å²) in [5, 5.41) is 14.0. The minimum atomic E-state index is -0.540. The molecule has 0 unspecified atom stereocenters. The third kappa shape index (κ3) is 3.11. The second-order valence-corrected chi connectivity index (χ2v) is 5.63. The van der Waals surface area contributed by atoms with E-state index in [2.05, 4.69) is 26.1 Å². The molecule has 2 rings (SSSR count). The Kier molecular flexibility index (Phi) is 5.00. The zero-order valence-electron chi connectivity index (χ0n) is 12.4. The van der Waals surface area contributed by atoms with Gasteiger partial charge in [-0.25, -0.2) is 0 Å². The summed E-state index contributed by atoms with van der Waals surface area (Å²) >= 11 is 3.30. The number of ether oxygens (including phenoxy) is 1. The summed E-state index contributed by atoms with van der Waals surface area (Å²) in [4.78, 5) is 4.43. The first kappa shape index (κ1) is 16.0. The molecule has 0 saturated carbocycles. The van der Waals surface area contributed by atoms with Gasteiger partial charge < -0.3 is 14.4 Å². The molecule has 0 saturated heterocycles. The minimum Gasteiger partial charge on any atom is -0.507 e. The van der Waals surface area contributed by atoms with Crippen LogP contribution in [-0.2, 0) is 10.3 Å². The molecule has 1 aromatic carbocycles. The summed E-state index contributed by atoms with van der Waals surface area (Å²) in [6, 6.07) is 5.14. The lowest BCUT2D eigenvalue weighted by Gasteiger charge is -2.27. The van der Waals surface area contributed by atoms with Gasteiger partial charge in [0.2, 0.25) is 5.82 Å². The largest absolute Gasteiger partial charge is 0.507 e. The van der Waals surface area contributed by atoms with Crippen LogP contribution >= 0.6 is 15.9 Å². The van der Waals surface area contributed by atoms with Crippen LogP contribution < -0.4 is 0 Å². The quantitative estimate of drug-likeness (QED) is 0.839. The van der Waals surface area contributed by atoms with Gasteiger partial charge in [0.1, 0.15) is 11.4 Å². The number of phenols is 1. The van der Waals surface area contributed by atoms with Crippen LogP contribution in [0.4, 0.5) is 0 Å². The van der Waals surface area contributed by atoms with E-state index in [0.717, 1.165) is 17.3 Å². The van der Waals surface area contributed by atoms with Gasteiger partial charge in [-0.1, -0.05) is 34.9 Å². The molecule has 0 radical (unpaired) electrons. The molecule has 0 aliphatic rings. The lowest BCUT2D eigenvalue weighted by atomic mass is 9.96. The molecule has 0 aliphatic heterocycles. The topological polar surface area (TPSA) is 68.4 Å². The maximum Gasteiger partial charge on any atom is 0.261 e. The first-order valence-electron chi connectivity index (χ1n) is 7.03. The summed E-state index contributed by atoms with van der Waals surface area (Å²) in [5.41, 5.74) is -0.0313. The van der Waals surface area contributed by atoms with E-state index in [1.54, 1.807) is 12.1 Å². The van der Waals surface area contributed by atoms with Crippen molar-refractivity contribution in [1.29, 1.82) is 0 Å². The number of aromatic hydroxyl groups is 1. The second-order valence-electron chi connectivity index (χ2n) is 4.72. The number of aromatic nitrogens is 2. The van der Waals surface area contributed by atoms with Gasteiger partial charge in [0.15, 0.2) is 0 Å². The zero-order valence-corrected chi connectivity index (χ0v) is 14.0. The molecule has 21 heavy (non-hydrogen) atoms. The van der Waals surface area contributed by atoms with E-state index in [-0.39, 0.29) is 5.75 Å². The van der Waals surface area contributed by atoms with Crippen molar-refractivity contribution in [3.05, 3.63) is 28.5 Å². The first-order valence-corrected chi connectivity index (χ1v) is 7.82. The van der Waals surface area contributed by atoms with Gasteiger partial charge >= 0.3 is 0 Å². The molecule has 0 aliphatic carbocycles. The van der Waals surface area contributed by atoms with Crippen molar-refractivity contribution in [2.24, 2.45) is 0 Å². The van der Waals surface area contributed by atoms with E-state index >= 15 is 0 Å². The van der Waals surface area contributed by atoms with E-state index in [4.69, 9.17) is 9.26 Å². The molecule has 0 fully saturated rings. The Balaban J connectivity index is 2.40. The Bertz CT molecular complexity index is 609. The lowest BCUT2D eigenvalue weighted by molar-refractivity contribution is -0.0583. The highest BCUT2D eigenvalue weighted by atomic mass is 79.9. The maximum absolute atomic E-state index is 9.99. The highest BCUT2D eigenvalue weighted by Gasteiger charge is 2.34. The van der Waals surface area contributed by atoms with Crippen LogP contribution in [0.15, 0.2) is 27.2 Å². The molecule has 2 aromatic rings. The molecule has 0 atom stereocenters.